The third-order valence-electron chi connectivity index (χ3n) is 4.43. The van der Waals surface area contributed by atoms with Gasteiger partial charge >= 0.3 is 12.1 Å². The van der Waals surface area contributed by atoms with Crippen LogP contribution in [0.1, 0.15) is 18.2 Å². The Kier molecular flexibility index (Phi) is 5.36. The number of rotatable bonds is 4. The van der Waals surface area contributed by atoms with Gasteiger partial charge < -0.3 is 4.74 Å². The monoisotopic (exact) mass is 443 g/mol. The van der Waals surface area contributed by atoms with Gasteiger partial charge in [0.25, 0.3) is 0 Å². The topological polar surface area (TPSA) is 57.0 Å². The molecule has 0 bridgehead atoms. The summed E-state index contributed by atoms with van der Waals surface area (Å²) in [5, 5.41) is 5.84. The van der Waals surface area contributed by atoms with Gasteiger partial charge in [-0.3, -0.25) is 4.79 Å². The normalized spacial score (nSPS) is 11.5. The summed E-state index contributed by atoms with van der Waals surface area (Å²) in [7, 11) is 0. The summed E-state index contributed by atoms with van der Waals surface area (Å²) in [4.78, 5) is 15.5. The SMILES string of the molecule is CC(=O)Oc1ccc(-c2csc(-n3nc(C(F)(F)F)cc3-c3ccc(C)cc3)n2)cc1. The number of hydrogen-bond acceptors (Lipinski definition) is 5. The zero-order valence-corrected chi connectivity index (χ0v) is 17.3. The molecule has 4 aromatic rings. The highest BCUT2D eigenvalue weighted by Crippen LogP contribution is 2.35. The van der Waals surface area contributed by atoms with E-state index in [4.69, 9.17) is 4.74 Å². The van der Waals surface area contributed by atoms with E-state index < -0.39 is 17.8 Å². The van der Waals surface area contributed by atoms with Crippen LogP contribution in [0.4, 0.5) is 13.2 Å². The number of alkyl halides is 3. The van der Waals surface area contributed by atoms with Crippen molar-refractivity contribution >= 4 is 17.3 Å². The molecule has 158 valence electrons. The first kappa shape index (κ1) is 20.8. The van der Waals surface area contributed by atoms with Crippen molar-refractivity contribution in [3.63, 3.8) is 0 Å². The van der Waals surface area contributed by atoms with Crippen molar-refractivity contribution in [2.75, 3.05) is 0 Å². The molecular formula is C22H16F3N3O2S. The quantitative estimate of drug-likeness (QED) is 0.290. The third kappa shape index (κ3) is 4.51. The van der Waals surface area contributed by atoms with Crippen LogP contribution in [-0.2, 0) is 11.0 Å². The summed E-state index contributed by atoms with van der Waals surface area (Å²) < 4.78 is 46.3. The third-order valence-corrected chi connectivity index (χ3v) is 5.25. The molecule has 0 atom stereocenters. The van der Waals surface area contributed by atoms with Gasteiger partial charge in [0.1, 0.15) is 5.75 Å². The van der Waals surface area contributed by atoms with Gasteiger partial charge in [-0.2, -0.15) is 18.3 Å². The standard InChI is InChI=1S/C22H16F3N3O2S/c1-13-3-5-16(6-4-13)19-11-20(22(23,24)25)27-28(19)21-26-18(12-31-21)15-7-9-17(10-8-15)30-14(2)29/h3-12H,1-2H3. The van der Waals surface area contributed by atoms with Crippen LogP contribution in [0, 0.1) is 6.92 Å². The molecule has 0 aliphatic rings. The number of aromatic nitrogens is 3. The zero-order chi connectivity index (χ0) is 22.2. The second-order valence-corrected chi connectivity index (χ2v) is 7.66. The maximum atomic E-state index is 13.3. The van der Waals surface area contributed by atoms with Gasteiger partial charge in [-0.15, -0.1) is 11.3 Å². The average Bonchev–Trinajstić information content (AvgIpc) is 3.36. The number of aryl methyl sites for hydroxylation is 1. The van der Waals surface area contributed by atoms with Crippen LogP contribution in [0.15, 0.2) is 60.0 Å². The van der Waals surface area contributed by atoms with Crippen LogP contribution in [0.5, 0.6) is 5.75 Å². The van der Waals surface area contributed by atoms with Crippen LogP contribution < -0.4 is 4.74 Å². The Labute approximate surface area is 179 Å². The molecule has 5 nitrogen and oxygen atoms in total. The Morgan fingerprint density at radius 1 is 1.03 bits per heavy atom. The fourth-order valence-electron chi connectivity index (χ4n) is 2.95. The summed E-state index contributed by atoms with van der Waals surface area (Å²) in [6, 6.07) is 14.9. The van der Waals surface area contributed by atoms with Crippen LogP contribution >= 0.6 is 11.3 Å². The van der Waals surface area contributed by atoms with E-state index >= 15 is 0 Å². The first-order valence-corrected chi connectivity index (χ1v) is 10.1. The minimum atomic E-state index is -4.57. The highest BCUT2D eigenvalue weighted by atomic mass is 32.1. The second kappa shape index (κ2) is 7.99. The number of carbonyl (C=O) groups is 1. The van der Waals surface area contributed by atoms with E-state index in [1.807, 2.05) is 19.1 Å². The summed E-state index contributed by atoms with van der Waals surface area (Å²) in [6.45, 7) is 3.22. The van der Waals surface area contributed by atoms with Crippen molar-refractivity contribution in [2.45, 2.75) is 20.0 Å². The lowest BCUT2D eigenvalue weighted by molar-refractivity contribution is -0.141. The number of nitrogens with zero attached hydrogens (tertiary/aromatic N) is 3. The lowest BCUT2D eigenvalue weighted by Gasteiger charge is -2.05. The Bertz CT molecular complexity index is 1230. The predicted molar refractivity (Wildman–Crippen MR) is 111 cm³/mol. The van der Waals surface area contributed by atoms with Crippen molar-refractivity contribution < 1.29 is 22.7 Å². The molecule has 0 aliphatic heterocycles. The second-order valence-electron chi connectivity index (χ2n) is 6.82. The van der Waals surface area contributed by atoms with Gasteiger partial charge in [0.05, 0.1) is 11.4 Å². The maximum absolute atomic E-state index is 13.3. The molecule has 2 heterocycles. The Morgan fingerprint density at radius 3 is 2.29 bits per heavy atom. The zero-order valence-electron chi connectivity index (χ0n) is 16.5. The van der Waals surface area contributed by atoms with E-state index in [0.29, 0.717) is 27.8 Å². The van der Waals surface area contributed by atoms with Crippen molar-refractivity contribution in [3.8, 4) is 33.4 Å². The van der Waals surface area contributed by atoms with Crippen molar-refractivity contribution in [1.82, 2.24) is 14.8 Å². The predicted octanol–water partition coefficient (Wildman–Crippen LogP) is 5.92. The fraction of sp³-hybridized carbons (Fsp3) is 0.136. The minimum Gasteiger partial charge on any atom is -0.427 e. The lowest BCUT2D eigenvalue weighted by Crippen LogP contribution is -2.07. The van der Waals surface area contributed by atoms with Crippen molar-refractivity contribution in [1.29, 1.82) is 0 Å². The molecule has 0 aliphatic carbocycles. The highest BCUT2D eigenvalue weighted by molar-refractivity contribution is 7.12. The van der Waals surface area contributed by atoms with Gasteiger partial charge in [-0.05, 0) is 37.3 Å². The summed E-state index contributed by atoms with van der Waals surface area (Å²) in [5.41, 5.74) is 2.24. The van der Waals surface area contributed by atoms with Crippen LogP contribution in [0.3, 0.4) is 0 Å². The summed E-state index contributed by atoms with van der Waals surface area (Å²) in [5.74, 6) is -0.0262. The number of esters is 1. The number of hydrogen-bond donors (Lipinski definition) is 0. The Balaban J connectivity index is 1.73. The number of benzene rings is 2. The van der Waals surface area contributed by atoms with Crippen LogP contribution in [0.25, 0.3) is 27.6 Å². The molecule has 0 saturated heterocycles. The molecule has 0 saturated carbocycles. The number of carbonyl (C=O) groups excluding carboxylic acids is 1. The molecule has 2 aromatic heterocycles. The fourth-order valence-corrected chi connectivity index (χ4v) is 3.75. The largest absolute Gasteiger partial charge is 0.435 e. The Morgan fingerprint density at radius 2 is 1.68 bits per heavy atom. The number of ether oxygens (including phenoxy) is 1. The van der Waals surface area contributed by atoms with Gasteiger partial charge in [0.2, 0.25) is 5.13 Å². The number of halogens is 3. The van der Waals surface area contributed by atoms with E-state index in [9.17, 15) is 18.0 Å². The molecule has 0 spiro atoms. The first-order chi connectivity index (χ1) is 14.7. The van der Waals surface area contributed by atoms with Gasteiger partial charge in [0, 0.05) is 23.4 Å². The highest BCUT2D eigenvalue weighted by Gasteiger charge is 2.35. The molecule has 0 amide bonds. The molecule has 4 rings (SSSR count). The van der Waals surface area contributed by atoms with Crippen LogP contribution in [0.2, 0.25) is 0 Å². The maximum Gasteiger partial charge on any atom is 0.435 e. The lowest BCUT2D eigenvalue weighted by atomic mass is 10.1. The van der Waals surface area contributed by atoms with E-state index in [1.165, 1.54) is 22.9 Å². The average molecular weight is 443 g/mol. The van der Waals surface area contributed by atoms with Crippen LogP contribution in [-0.4, -0.2) is 20.7 Å². The number of thiazole rings is 1. The first-order valence-electron chi connectivity index (χ1n) is 9.20. The molecule has 0 radical (unpaired) electrons. The molecule has 0 unspecified atom stereocenters. The van der Waals surface area contributed by atoms with E-state index in [2.05, 4.69) is 10.1 Å². The van der Waals surface area contributed by atoms with Gasteiger partial charge in [-0.25, -0.2) is 9.67 Å². The van der Waals surface area contributed by atoms with Gasteiger partial charge in [-0.1, -0.05) is 29.8 Å². The molecule has 9 heteroatoms. The smallest absolute Gasteiger partial charge is 0.427 e. The minimum absolute atomic E-state index is 0.304. The molecular weight excluding hydrogens is 427 g/mol. The van der Waals surface area contributed by atoms with Crippen molar-refractivity contribution in [3.05, 3.63) is 71.2 Å². The molecule has 0 N–H and O–H groups in total. The molecule has 2 aromatic carbocycles. The van der Waals surface area contributed by atoms with E-state index in [0.717, 1.165) is 17.2 Å². The molecule has 31 heavy (non-hydrogen) atoms. The van der Waals surface area contributed by atoms with Crippen molar-refractivity contribution in [2.24, 2.45) is 0 Å². The summed E-state index contributed by atoms with van der Waals surface area (Å²) in [6.07, 6.45) is -4.57. The molecule has 0 fully saturated rings. The van der Waals surface area contributed by atoms with Gasteiger partial charge in [0.15, 0.2) is 5.69 Å². The summed E-state index contributed by atoms with van der Waals surface area (Å²) >= 11 is 1.18. The Hall–Kier alpha value is -3.46. The van der Waals surface area contributed by atoms with E-state index in [-0.39, 0.29) is 0 Å². The van der Waals surface area contributed by atoms with E-state index in [1.54, 1.807) is 41.8 Å².